The number of ether oxygens (including phenoxy) is 2. The van der Waals surface area contributed by atoms with Gasteiger partial charge < -0.3 is 14.8 Å². The van der Waals surface area contributed by atoms with Crippen molar-refractivity contribution in [3.05, 3.63) is 58.6 Å². The number of nitriles is 1. The number of benzene rings is 2. The number of carbonyl (C=O) groups is 2. The zero-order valence-electron chi connectivity index (χ0n) is 13.6. The summed E-state index contributed by atoms with van der Waals surface area (Å²) in [5, 5.41) is 11.8. The van der Waals surface area contributed by atoms with E-state index in [1.54, 1.807) is 24.3 Å². The second kappa shape index (κ2) is 8.18. The van der Waals surface area contributed by atoms with E-state index in [9.17, 15) is 9.59 Å². The van der Waals surface area contributed by atoms with Crippen LogP contribution in [0.3, 0.4) is 0 Å². The lowest BCUT2D eigenvalue weighted by atomic mass is 10.1. The van der Waals surface area contributed by atoms with E-state index in [0.29, 0.717) is 22.0 Å². The van der Waals surface area contributed by atoms with Gasteiger partial charge in [0.2, 0.25) is 0 Å². The number of rotatable bonds is 5. The average molecular weight is 359 g/mol. The molecular formula is C18H15ClN2O4. The third-order valence-corrected chi connectivity index (χ3v) is 3.60. The Hall–Kier alpha value is -3.04. The highest BCUT2D eigenvalue weighted by molar-refractivity contribution is 6.32. The largest absolute Gasteiger partial charge is 0.495 e. The molecule has 1 N–H and O–H groups in total. The molecule has 0 aliphatic rings. The van der Waals surface area contributed by atoms with Crippen molar-refractivity contribution >= 4 is 29.2 Å². The molecule has 2 aromatic carbocycles. The Morgan fingerprint density at radius 2 is 2.00 bits per heavy atom. The van der Waals surface area contributed by atoms with Gasteiger partial charge in [0.05, 0.1) is 29.3 Å². The molecule has 0 aliphatic heterocycles. The first kappa shape index (κ1) is 18.3. The molecule has 0 heterocycles. The van der Waals surface area contributed by atoms with Crippen LogP contribution in [0.5, 0.6) is 5.75 Å². The van der Waals surface area contributed by atoms with E-state index in [1.165, 1.54) is 32.2 Å². The minimum absolute atomic E-state index is 0.200. The number of anilines is 1. The highest BCUT2D eigenvalue weighted by Crippen LogP contribution is 2.27. The van der Waals surface area contributed by atoms with Gasteiger partial charge in [-0.1, -0.05) is 17.7 Å². The molecule has 6 nitrogen and oxygen atoms in total. The quantitative estimate of drug-likeness (QED) is 0.827. The Kier molecular flexibility index (Phi) is 5.98. The Balaban J connectivity index is 2.01. The summed E-state index contributed by atoms with van der Waals surface area (Å²) in [6, 6.07) is 12.7. The van der Waals surface area contributed by atoms with E-state index in [0.717, 1.165) is 0 Å². The van der Waals surface area contributed by atoms with Crippen LogP contribution < -0.4 is 10.1 Å². The lowest BCUT2D eigenvalue weighted by Gasteiger charge is -2.14. The van der Waals surface area contributed by atoms with Gasteiger partial charge in [-0.25, -0.2) is 4.79 Å². The molecule has 0 radical (unpaired) electrons. The second-order valence-corrected chi connectivity index (χ2v) is 5.49. The summed E-state index contributed by atoms with van der Waals surface area (Å²) in [6.45, 7) is 1.45. The summed E-state index contributed by atoms with van der Waals surface area (Å²) in [5.74, 6) is -0.713. The van der Waals surface area contributed by atoms with Crippen molar-refractivity contribution in [2.45, 2.75) is 13.0 Å². The zero-order chi connectivity index (χ0) is 18.4. The predicted molar refractivity (Wildman–Crippen MR) is 92.7 cm³/mol. The minimum atomic E-state index is -1.03. The van der Waals surface area contributed by atoms with Crippen LogP contribution in [0.4, 0.5) is 5.69 Å². The van der Waals surface area contributed by atoms with Crippen LogP contribution in [0.25, 0.3) is 0 Å². The SMILES string of the molecule is COc1ccc(NC(=O)[C@H](C)OC(=O)c2cccc(C#N)c2)cc1Cl. The molecule has 0 saturated carbocycles. The van der Waals surface area contributed by atoms with Crippen LogP contribution >= 0.6 is 11.6 Å². The summed E-state index contributed by atoms with van der Waals surface area (Å²) < 4.78 is 10.2. The monoisotopic (exact) mass is 358 g/mol. The molecule has 7 heteroatoms. The second-order valence-electron chi connectivity index (χ2n) is 5.08. The van der Waals surface area contributed by atoms with E-state index in [1.807, 2.05) is 6.07 Å². The van der Waals surface area contributed by atoms with E-state index >= 15 is 0 Å². The molecule has 0 unspecified atom stereocenters. The minimum Gasteiger partial charge on any atom is -0.495 e. The molecule has 0 bridgehead atoms. The number of nitrogens with one attached hydrogen (secondary N) is 1. The maximum absolute atomic E-state index is 12.2. The molecule has 0 aromatic heterocycles. The normalized spacial score (nSPS) is 11.1. The standard InChI is InChI=1S/C18H15ClN2O4/c1-11(25-18(23)13-5-3-4-12(8-13)10-20)17(22)21-14-6-7-16(24-2)15(19)9-14/h3-9,11H,1-2H3,(H,21,22)/t11-/m0/s1. The van der Waals surface area contributed by atoms with Crippen LogP contribution in [0.15, 0.2) is 42.5 Å². The van der Waals surface area contributed by atoms with Gasteiger partial charge in [-0.15, -0.1) is 0 Å². The van der Waals surface area contributed by atoms with Gasteiger partial charge in [0, 0.05) is 5.69 Å². The summed E-state index contributed by atoms with van der Waals surface area (Å²) in [4.78, 5) is 24.2. The van der Waals surface area contributed by atoms with Crippen LogP contribution in [-0.2, 0) is 9.53 Å². The molecule has 128 valence electrons. The molecule has 25 heavy (non-hydrogen) atoms. The molecular weight excluding hydrogens is 344 g/mol. The molecule has 0 fully saturated rings. The Morgan fingerprint density at radius 3 is 2.64 bits per heavy atom. The first-order chi connectivity index (χ1) is 11.9. The van der Waals surface area contributed by atoms with E-state index in [4.69, 9.17) is 26.3 Å². The topological polar surface area (TPSA) is 88.4 Å². The van der Waals surface area contributed by atoms with Gasteiger partial charge in [-0.2, -0.15) is 5.26 Å². The molecule has 2 rings (SSSR count). The fourth-order valence-electron chi connectivity index (χ4n) is 1.99. The zero-order valence-corrected chi connectivity index (χ0v) is 14.3. The van der Waals surface area contributed by atoms with Crippen LogP contribution in [0.2, 0.25) is 5.02 Å². The third kappa shape index (κ3) is 4.72. The molecule has 0 aliphatic carbocycles. The van der Waals surface area contributed by atoms with Crippen LogP contribution in [0.1, 0.15) is 22.8 Å². The maximum atomic E-state index is 12.2. The predicted octanol–water partition coefficient (Wildman–Crippen LogP) is 3.40. The van der Waals surface area contributed by atoms with Gasteiger partial charge in [-0.3, -0.25) is 4.79 Å². The van der Waals surface area contributed by atoms with Gasteiger partial charge in [0.1, 0.15) is 5.75 Å². The van der Waals surface area contributed by atoms with Crippen molar-refractivity contribution in [2.24, 2.45) is 0 Å². The van der Waals surface area contributed by atoms with E-state index in [-0.39, 0.29) is 5.56 Å². The summed E-state index contributed by atoms with van der Waals surface area (Å²) in [7, 11) is 1.49. The molecule has 1 amide bonds. The smallest absolute Gasteiger partial charge is 0.338 e. The lowest BCUT2D eigenvalue weighted by molar-refractivity contribution is -0.123. The third-order valence-electron chi connectivity index (χ3n) is 3.30. The number of methoxy groups -OCH3 is 1. The number of hydrogen-bond donors (Lipinski definition) is 1. The van der Waals surface area contributed by atoms with Crippen LogP contribution in [-0.4, -0.2) is 25.1 Å². The Morgan fingerprint density at radius 1 is 1.24 bits per heavy atom. The Bertz CT molecular complexity index is 845. The van der Waals surface area contributed by atoms with Crippen molar-refractivity contribution < 1.29 is 19.1 Å². The van der Waals surface area contributed by atoms with Crippen molar-refractivity contribution in [1.29, 1.82) is 5.26 Å². The first-order valence-electron chi connectivity index (χ1n) is 7.30. The number of esters is 1. The lowest BCUT2D eigenvalue weighted by Crippen LogP contribution is -2.30. The number of nitrogens with zero attached hydrogens (tertiary/aromatic N) is 1. The summed E-state index contributed by atoms with van der Waals surface area (Å²) >= 11 is 6.00. The molecule has 1 atom stereocenters. The van der Waals surface area contributed by atoms with Gasteiger partial charge in [0.25, 0.3) is 5.91 Å². The summed E-state index contributed by atoms with van der Waals surface area (Å²) in [6.07, 6.45) is -1.03. The average Bonchev–Trinajstić information content (AvgIpc) is 2.61. The number of carbonyl (C=O) groups excluding carboxylic acids is 2. The van der Waals surface area contributed by atoms with Crippen molar-refractivity contribution in [3.8, 4) is 11.8 Å². The Labute approximate surface area is 149 Å². The van der Waals surface area contributed by atoms with Gasteiger partial charge in [0.15, 0.2) is 6.10 Å². The molecule has 0 saturated heterocycles. The van der Waals surface area contributed by atoms with Crippen molar-refractivity contribution in [1.82, 2.24) is 0 Å². The first-order valence-corrected chi connectivity index (χ1v) is 7.68. The maximum Gasteiger partial charge on any atom is 0.338 e. The van der Waals surface area contributed by atoms with Gasteiger partial charge in [-0.05, 0) is 43.3 Å². The summed E-state index contributed by atoms with van der Waals surface area (Å²) in [5.41, 5.74) is 0.982. The highest BCUT2D eigenvalue weighted by Gasteiger charge is 2.19. The fraction of sp³-hybridized carbons (Fsp3) is 0.167. The number of hydrogen-bond acceptors (Lipinski definition) is 5. The van der Waals surface area contributed by atoms with Crippen LogP contribution in [0, 0.1) is 11.3 Å². The molecule has 0 spiro atoms. The van der Waals surface area contributed by atoms with E-state index in [2.05, 4.69) is 5.32 Å². The number of halogens is 1. The number of amides is 1. The van der Waals surface area contributed by atoms with E-state index < -0.39 is 18.0 Å². The fourth-order valence-corrected chi connectivity index (χ4v) is 2.24. The van der Waals surface area contributed by atoms with Crippen molar-refractivity contribution in [3.63, 3.8) is 0 Å². The van der Waals surface area contributed by atoms with Crippen molar-refractivity contribution in [2.75, 3.05) is 12.4 Å². The highest BCUT2D eigenvalue weighted by atomic mass is 35.5. The molecule has 2 aromatic rings. The van der Waals surface area contributed by atoms with Gasteiger partial charge >= 0.3 is 5.97 Å².